The highest BCUT2D eigenvalue weighted by Gasteiger charge is 2.03. The number of benzene rings is 1. The first-order chi connectivity index (χ1) is 10.2. The van der Waals surface area contributed by atoms with Crippen LogP contribution in [0.25, 0.3) is 0 Å². The van der Waals surface area contributed by atoms with Crippen molar-refractivity contribution in [3.63, 3.8) is 0 Å². The molecule has 0 bridgehead atoms. The maximum Gasteiger partial charge on any atom is 0.0964 e. The zero-order valence-electron chi connectivity index (χ0n) is 12.6. The van der Waals surface area contributed by atoms with Crippen molar-refractivity contribution in [2.45, 2.75) is 26.6 Å². The quantitative estimate of drug-likeness (QED) is 0.792. The fourth-order valence-electron chi connectivity index (χ4n) is 2.04. The summed E-state index contributed by atoms with van der Waals surface area (Å²) < 4.78 is 3.02. The van der Waals surface area contributed by atoms with E-state index in [4.69, 9.17) is 0 Å². The lowest BCUT2D eigenvalue weighted by atomic mass is 10.2. The molecule has 0 unspecified atom stereocenters. The van der Waals surface area contributed by atoms with Gasteiger partial charge in [0.1, 0.15) is 0 Å². The smallest absolute Gasteiger partial charge is 0.0964 e. The van der Waals surface area contributed by atoms with Crippen molar-refractivity contribution in [1.82, 2.24) is 25.2 Å². The van der Waals surface area contributed by atoms with Crippen LogP contribution in [0, 0.1) is 0 Å². The van der Waals surface area contributed by atoms with Crippen LogP contribution in [0.3, 0.4) is 0 Å². The van der Waals surface area contributed by atoms with Crippen molar-refractivity contribution in [2.24, 2.45) is 0 Å². The molecular formula is C15H22BrN5. The Kier molecular flexibility index (Phi) is 6.35. The van der Waals surface area contributed by atoms with E-state index in [0.29, 0.717) is 0 Å². The molecule has 0 atom stereocenters. The monoisotopic (exact) mass is 351 g/mol. The third-order valence-corrected chi connectivity index (χ3v) is 3.75. The zero-order valence-corrected chi connectivity index (χ0v) is 14.2. The summed E-state index contributed by atoms with van der Waals surface area (Å²) in [6, 6.07) is 8.44. The standard InChI is InChI=1S/C15H22BrN5/c1-3-17-10-15-12-21(19-18-15)9-8-20(2)11-13-4-6-14(16)7-5-13/h4-7,12,17H,3,8-11H2,1-2H3. The fraction of sp³-hybridized carbons (Fsp3) is 0.467. The molecule has 2 aromatic rings. The molecule has 0 saturated heterocycles. The van der Waals surface area contributed by atoms with Crippen LogP contribution in [0.4, 0.5) is 0 Å². The van der Waals surface area contributed by atoms with Gasteiger partial charge in [0.2, 0.25) is 0 Å². The van der Waals surface area contributed by atoms with E-state index in [0.717, 1.165) is 42.9 Å². The predicted octanol–water partition coefficient (Wildman–Crippen LogP) is 2.28. The number of hydrogen-bond acceptors (Lipinski definition) is 4. The topological polar surface area (TPSA) is 46.0 Å². The molecule has 1 aromatic heterocycles. The molecule has 0 aliphatic rings. The molecule has 1 heterocycles. The maximum atomic E-state index is 4.15. The van der Waals surface area contributed by atoms with Gasteiger partial charge in [-0.2, -0.15) is 0 Å². The molecule has 1 aromatic carbocycles. The summed E-state index contributed by atoms with van der Waals surface area (Å²) in [5, 5.41) is 11.6. The number of rotatable bonds is 8. The molecule has 6 heteroatoms. The summed E-state index contributed by atoms with van der Waals surface area (Å²) in [6.07, 6.45) is 2.01. The van der Waals surface area contributed by atoms with Crippen molar-refractivity contribution in [3.05, 3.63) is 46.2 Å². The minimum Gasteiger partial charge on any atom is -0.311 e. The van der Waals surface area contributed by atoms with Gasteiger partial charge in [-0.05, 0) is 31.3 Å². The van der Waals surface area contributed by atoms with Crippen molar-refractivity contribution < 1.29 is 0 Å². The average Bonchev–Trinajstić information content (AvgIpc) is 2.93. The Labute approximate surface area is 134 Å². The van der Waals surface area contributed by atoms with Crippen LogP contribution in [0.2, 0.25) is 0 Å². The number of likely N-dealkylation sites (N-methyl/N-ethyl adjacent to an activating group) is 1. The molecule has 0 radical (unpaired) electrons. The second-order valence-corrected chi connectivity index (χ2v) is 6.03. The van der Waals surface area contributed by atoms with Crippen LogP contribution >= 0.6 is 15.9 Å². The van der Waals surface area contributed by atoms with E-state index >= 15 is 0 Å². The highest BCUT2D eigenvalue weighted by atomic mass is 79.9. The molecule has 2 rings (SSSR count). The van der Waals surface area contributed by atoms with Gasteiger partial charge in [-0.3, -0.25) is 4.68 Å². The van der Waals surface area contributed by atoms with E-state index in [2.05, 4.69) is 74.7 Å². The van der Waals surface area contributed by atoms with E-state index in [1.54, 1.807) is 0 Å². The number of nitrogens with one attached hydrogen (secondary N) is 1. The molecule has 0 aliphatic carbocycles. The normalized spacial score (nSPS) is 11.2. The lowest BCUT2D eigenvalue weighted by Crippen LogP contribution is -2.23. The minimum atomic E-state index is 0.783. The van der Waals surface area contributed by atoms with Gasteiger partial charge < -0.3 is 10.2 Å². The van der Waals surface area contributed by atoms with Crippen LogP contribution in [0.5, 0.6) is 0 Å². The molecule has 21 heavy (non-hydrogen) atoms. The Hall–Kier alpha value is -1.24. The van der Waals surface area contributed by atoms with Crippen molar-refractivity contribution >= 4 is 15.9 Å². The summed E-state index contributed by atoms with van der Waals surface area (Å²) in [4.78, 5) is 2.29. The first-order valence-corrected chi connectivity index (χ1v) is 7.99. The summed E-state index contributed by atoms with van der Waals surface area (Å²) in [5.41, 5.74) is 2.31. The van der Waals surface area contributed by atoms with Crippen molar-refractivity contribution in [1.29, 1.82) is 0 Å². The van der Waals surface area contributed by atoms with Crippen molar-refractivity contribution in [2.75, 3.05) is 20.1 Å². The van der Waals surface area contributed by atoms with Gasteiger partial charge in [0.25, 0.3) is 0 Å². The molecule has 114 valence electrons. The van der Waals surface area contributed by atoms with Gasteiger partial charge in [0.05, 0.1) is 12.2 Å². The Morgan fingerprint density at radius 3 is 2.76 bits per heavy atom. The van der Waals surface area contributed by atoms with Gasteiger partial charge in [-0.15, -0.1) is 5.10 Å². The molecule has 0 spiro atoms. The van der Waals surface area contributed by atoms with E-state index in [1.807, 2.05) is 10.9 Å². The largest absolute Gasteiger partial charge is 0.311 e. The summed E-state index contributed by atoms with van der Waals surface area (Å²) in [6.45, 7) is 6.55. The summed E-state index contributed by atoms with van der Waals surface area (Å²) in [5.74, 6) is 0. The number of nitrogens with zero attached hydrogens (tertiary/aromatic N) is 4. The molecule has 0 fully saturated rings. The van der Waals surface area contributed by atoms with Crippen LogP contribution in [0.15, 0.2) is 34.9 Å². The van der Waals surface area contributed by atoms with E-state index in [1.165, 1.54) is 5.56 Å². The van der Waals surface area contributed by atoms with Gasteiger partial charge in [-0.25, -0.2) is 0 Å². The Bertz CT molecular complexity index is 537. The lowest BCUT2D eigenvalue weighted by Gasteiger charge is -2.16. The van der Waals surface area contributed by atoms with Gasteiger partial charge >= 0.3 is 0 Å². The number of aromatic nitrogens is 3. The number of hydrogen-bond donors (Lipinski definition) is 1. The molecule has 0 aliphatic heterocycles. The average molecular weight is 352 g/mol. The second-order valence-electron chi connectivity index (χ2n) is 5.12. The molecule has 1 N–H and O–H groups in total. The minimum absolute atomic E-state index is 0.783. The summed E-state index contributed by atoms with van der Waals surface area (Å²) in [7, 11) is 2.12. The van der Waals surface area contributed by atoms with Crippen molar-refractivity contribution in [3.8, 4) is 0 Å². The molecule has 5 nitrogen and oxygen atoms in total. The van der Waals surface area contributed by atoms with E-state index in [9.17, 15) is 0 Å². The van der Waals surface area contributed by atoms with Crippen LogP contribution in [0.1, 0.15) is 18.2 Å². The second kappa shape index (κ2) is 8.26. The number of halogens is 1. The van der Waals surface area contributed by atoms with Crippen LogP contribution < -0.4 is 5.32 Å². The molecular weight excluding hydrogens is 330 g/mol. The SMILES string of the molecule is CCNCc1cn(CCN(C)Cc2ccc(Br)cc2)nn1. The summed E-state index contributed by atoms with van der Waals surface area (Å²) >= 11 is 3.46. The molecule has 0 saturated carbocycles. The first kappa shape index (κ1) is 16.1. The van der Waals surface area contributed by atoms with Crippen LogP contribution in [-0.2, 0) is 19.6 Å². The third-order valence-electron chi connectivity index (χ3n) is 3.22. The lowest BCUT2D eigenvalue weighted by molar-refractivity contribution is 0.304. The molecule has 0 amide bonds. The van der Waals surface area contributed by atoms with Gasteiger partial charge in [0.15, 0.2) is 0 Å². The maximum absolute atomic E-state index is 4.15. The Balaban J connectivity index is 1.76. The van der Waals surface area contributed by atoms with E-state index < -0.39 is 0 Å². The van der Waals surface area contributed by atoms with Gasteiger partial charge in [-0.1, -0.05) is 40.2 Å². The van der Waals surface area contributed by atoms with E-state index in [-0.39, 0.29) is 0 Å². The Morgan fingerprint density at radius 1 is 1.29 bits per heavy atom. The van der Waals surface area contributed by atoms with Crippen LogP contribution in [-0.4, -0.2) is 40.0 Å². The zero-order chi connectivity index (χ0) is 15.1. The Morgan fingerprint density at radius 2 is 2.05 bits per heavy atom. The fourth-order valence-corrected chi connectivity index (χ4v) is 2.30. The first-order valence-electron chi connectivity index (χ1n) is 7.20. The highest BCUT2D eigenvalue weighted by Crippen LogP contribution is 2.11. The van der Waals surface area contributed by atoms with Gasteiger partial charge in [0, 0.05) is 30.3 Å². The third kappa shape index (κ3) is 5.57. The predicted molar refractivity (Wildman–Crippen MR) is 87.9 cm³/mol. The highest BCUT2D eigenvalue weighted by molar-refractivity contribution is 9.10.